The predicted molar refractivity (Wildman–Crippen MR) is 33.5 cm³/mol. The topological polar surface area (TPSA) is 38.7 Å². The van der Waals surface area contributed by atoms with Gasteiger partial charge in [0.25, 0.3) is 5.23 Å². The second-order valence-electron chi connectivity index (χ2n) is 1.16. The highest BCUT2D eigenvalue weighted by Crippen LogP contribution is 2.15. The summed E-state index contributed by atoms with van der Waals surface area (Å²) in [4.78, 5) is 3.88. The molecule has 0 saturated heterocycles. The molecule has 0 aromatic rings. The Kier molecular flexibility index (Phi) is 2.30. The van der Waals surface area contributed by atoms with Crippen LogP contribution in [0.4, 0.5) is 0 Å². The van der Waals surface area contributed by atoms with Crippen molar-refractivity contribution in [3.8, 4) is 0 Å². The van der Waals surface area contributed by atoms with E-state index in [0.29, 0.717) is 5.23 Å². The van der Waals surface area contributed by atoms with E-state index in [1.165, 1.54) is 11.8 Å². The van der Waals surface area contributed by atoms with Gasteiger partial charge in [-0.05, 0) is 0 Å². The van der Waals surface area contributed by atoms with Crippen LogP contribution in [0.1, 0.15) is 0 Å². The van der Waals surface area contributed by atoms with Gasteiger partial charge < -0.3 is 4.52 Å². The van der Waals surface area contributed by atoms with E-state index in [9.17, 15) is 4.57 Å². The van der Waals surface area contributed by atoms with Gasteiger partial charge in [0.05, 0.1) is 6.54 Å². The summed E-state index contributed by atoms with van der Waals surface area (Å²) < 4.78 is 14.3. The lowest BCUT2D eigenvalue weighted by Gasteiger charge is -1.86. The van der Waals surface area contributed by atoms with Crippen LogP contribution in [0.15, 0.2) is 4.99 Å². The Labute approximate surface area is 52.8 Å². The van der Waals surface area contributed by atoms with E-state index in [1.807, 2.05) is 0 Å². The Morgan fingerprint density at radius 2 is 2.75 bits per heavy atom. The standard InChI is InChI=1S/C3H4NO2PS/c5-7-6-3-4-1-2-8-3/h1-2H2. The SMILES string of the molecule is O=POC1=NCCS1. The van der Waals surface area contributed by atoms with Gasteiger partial charge in [-0.15, -0.1) is 0 Å². The monoisotopic (exact) mass is 149 g/mol. The van der Waals surface area contributed by atoms with E-state index in [0.717, 1.165) is 12.3 Å². The summed E-state index contributed by atoms with van der Waals surface area (Å²) in [6.07, 6.45) is 0. The van der Waals surface area contributed by atoms with Crippen molar-refractivity contribution in [3.63, 3.8) is 0 Å². The normalized spacial score (nSPS) is 18.8. The van der Waals surface area contributed by atoms with Crippen molar-refractivity contribution in [1.29, 1.82) is 0 Å². The maximum absolute atomic E-state index is 9.74. The van der Waals surface area contributed by atoms with E-state index >= 15 is 0 Å². The number of hydrogen-bond acceptors (Lipinski definition) is 4. The van der Waals surface area contributed by atoms with Crippen LogP contribution < -0.4 is 0 Å². The number of thioether (sulfide) groups is 1. The lowest BCUT2D eigenvalue weighted by Crippen LogP contribution is -1.82. The molecule has 0 fully saturated rings. The third-order valence-corrected chi connectivity index (χ3v) is 1.89. The fraction of sp³-hybridized carbons (Fsp3) is 0.667. The first-order chi connectivity index (χ1) is 3.93. The molecule has 0 N–H and O–H groups in total. The molecule has 0 spiro atoms. The molecule has 44 valence electrons. The molecule has 0 unspecified atom stereocenters. The van der Waals surface area contributed by atoms with Crippen LogP contribution >= 0.6 is 20.4 Å². The van der Waals surface area contributed by atoms with Crippen molar-refractivity contribution in [1.82, 2.24) is 0 Å². The Bertz CT molecular complexity index is 126. The second kappa shape index (κ2) is 3.05. The minimum absolute atomic E-state index is 0.306. The van der Waals surface area contributed by atoms with Gasteiger partial charge in [0.1, 0.15) is 0 Å². The Balaban J connectivity index is 2.33. The summed E-state index contributed by atoms with van der Waals surface area (Å²) >= 11 is 1.49. The number of nitrogens with zero attached hydrogens (tertiary/aromatic N) is 1. The second-order valence-corrected chi connectivity index (χ2v) is 2.54. The number of aliphatic imine (C=N–C) groups is 1. The zero-order valence-corrected chi connectivity index (χ0v) is 5.74. The molecule has 0 radical (unpaired) electrons. The van der Waals surface area contributed by atoms with Crippen LogP contribution in [0, 0.1) is 0 Å². The van der Waals surface area contributed by atoms with E-state index in [4.69, 9.17) is 0 Å². The fourth-order valence-corrected chi connectivity index (χ4v) is 1.37. The summed E-state index contributed by atoms with van der Waals surface area (Å²) in [5, 5.41) is 0.543. The molecular formula is C3H4NO2PS. The summed E-state index contributed by atoms with van der Waals surface area (Å²) in [5.74, 6) is 0.949. The highest BCUT2D eigenvalue weighted by Gasteiger charge is 2.06. The van der Waals surface area contributed by atoms with E-state index in [2.05, 4.69) is 9.52 Å². The van der Waals surface area contributed by atoms with Crippen LogP contribution in [0.25, 0.3) is 0 Å². The first kappa shape index (κ1) is 6.05. The quantitative estimate of drug-likeness (QED) is 0.527. The van der Waals surface area contributed by atoms with Crippen molar-refractivity contribution in [2.75, 3.05) is 12.3 Å². The smallest absolute Gasteiger partial charge is 0.382 e. The highest BCUT2D eigenvalue weighted by atomic mass is 32.2. The Hall–Kier alpha value is -0.0800. The van der Waals surface area contributed by atoms with Crippen LogP contribution in [-0.2, 0) is 9.09 Å². The molecule has 0 aliphatic carbocycles. The summed E-state index contributed by atoms with van der Waals surface area (Å²) in [5.41, 5.74) is 0. The van der Waals surface area contributed by atoms with Gasteiger partial charge in [-0.1, -0.05) is 11.8 Å². The van der Waals surface area contributed by atoms with E-state index in [-0.39, 0.29) is 8.69 Å². The van der Waals surface area contributed by atoms with Gasteiger partial charge in [0, 0.05) is 5.75 Å². The van der Waals surface area contributed by atoms with Crippen molar-refractivity contribution in [2.24, 2.45) is 4.99 Å². The predicted octanol–water partition coefficient (Wildman–Crippen LogP) is 1.31. The lowest BCUT2D eigenvalue weighted by molar-refractivity contribution is 0.528. The van der Waals surface area contributed by atoms with E-state index < -0.39 is 0 Å². The molecule has 8 heavy (non-hydrogen) atoms. The molecule has 3 nitrogen and oxygen atoms in total. The van der Waals surface area contributed by atoms with E-state index in [1.54, 1.807) is 0 Å². The first-order valence-corrected chi connectivity index (χ1v) is 3.82. The minimum atomic E-state index is -0.306. The fourth-order valence-electron chi connectivity index (χ4n) is 0.403. The summed E-state index contributed by atoms with van der Waals surface area (Å²) in [6.45, 7) is 0.787. The Morgan fingerprint density at radius 3 is 3.25 bits per heavy atom. The largest absolute Gasteiger partial charge is 0.397 e. The molecule has 0 atom stereocenters. The third kappa shape index (κ3) is 1.46. The average Bonchev–Trinajstić information content (AvgIpc) is 2.19. The molecule has 0 aromatic heterocycles. The molecule has 1 rings (SSSR count). The van der Waals surface area contributed by atoms with Crippen LogP contribution in [-0.4, -0.2) is 17.5 Å². The van der Waals surface area contributed by atoms with Crippen molar-refractivity contribution >= 4 is 25.7 Å². The van der Waals surface area contributed by atoms with Crippen LogP contribution in [0.2, 0.25) is 0 Å². The van der Waals surface area contributed by atoms with Crippen LogP contribution in [0.5, 0.6) is 0 Å². The van der Waals surface area contributed by atoms with Gasteiger partial charge in [0.2, 0.25) is 0 Å². The molecule has 0 bridgehead atoms. The molecule has 0 amide bonds. The molecule has 0 saturated carbocycles. The first-order valence-electron chi connectivity index (χ1n) is 2.10. The van der Waals surface area contributed by atoms with Crippen molar-refractivity contribution in [2.45, 2.75) is 0 Å². The van der Waals surface area contributed by atoms with Crippen molar-refractivity contribution in [3.05, 3.63) is 0 Å². The van der Waals surface area contributed by atoms with Crippen molar-refractivity contribution < 1.29 is 9.09 Å². The molecule has 5 heteroatoms. The van der Waals surface area contributed by atoms with Gasteiger partial charge in [-0.3, -0.25) is 0 Å². The zero-order valence-electron chi connectivity index (χ0n) is 4.03. The molecule has 1 aliphatic rings. The van der Waals surface area contributed by atoms with Crippen LogP contribution in [0.3, 0.4) is 0 Å². The number of hydrogen-bond donors (Lipinski definition) is 0. The average molecular weight is 149 g/mol. The maximum atomic E-state index is 9.74. The maximum Gasteiger partial charge on any atom is 0.397 e. The lowest BCUT2D eigenvalue weighted by atomic mass is 10.8. The highest BCUT2D eigenvalue weighted by molar-refractivity contribution is 8.14. The van der Waals surface area contributed by atoms with Gasteiger partial charge in [-0.25, -0.2) is 9.56 Å². The minimum Gasteiger partial charge on any atom is -0.382 e. The molecule has 1 heterocycles. The molecule has 1 aliphatic heterocycles. The summed E-state index contributed by atoms with van der Waals surface area (Å²) in [6, 6.07) is 0. The Morgan fingerprint density at radius 1 is 1.88 bits per heavy atom. The molecular weight excluding hydrogens is 145 g/mol. The third-order valence-electron chi connectivity index (χ3n) is 0.673. The zero-order chi connectivity index (χ0) is 5.82. The molecule has 0 aromatic carbocycles. The van der Waals surface area contributed by atoms with Gasteiger partial charge in [0.15, 0.2) is 0 Å². The van der Waals surface area contributed by atoms with Gasteiger partial charge >= 0.3 is 8.69 Å². The summed E-state index contributed by atoms with van der Waals surface area (Å²) in [7, 11) is -0.306. The number of rotatable bonds is 1. The van der Waals surface area contributed by atoms with Gasteiger partial charge in [-0.2, -0.15) is 0 Å².